The van der Waals surface area contributed by atoms with Crippen LogP contribution in [0, 0.1) is 5.92 Å². The fraction of sp³-hybridized carbons (Fsp3) is 0.412. The van der Waals surface area contributed by atoms with Gasteiger partial charge in [-0.25, -0.2) is 0 Å². The summed E-state index contributed by atoms with van der Waals surface area (Å²) in [6.45, 7) is 10.7. The lowest BCUT2D eigenvalue weighted by molar-refractivity contribution is -0.138. The van der Waals surface area contributed by atoms with E-state index in [2.05, 4.69) is 26.1 Å². The number of ketones is 1. The highest BCUT2D eigenvalue weighted by Crippen LogP contribution is 2.34. The average molecular weight is 586 g/mol. The van der Waals surface area contributed by atoms with Gasteiger partial charge in [-0.15, -0.1) is 11.3 Å². The quantitative estimate of drug-likeness (QED) is 0.394. The van der Waals surface area contributed by atoms with Crippen molar-refractivity contribution in [3.8, 4) is 10.4 Å². The summed E-state index contributed by atoms with van der Waals surface area (Å²) in [5.41, 5.74) is 2.62. The minimum Gasteiger partial charge on any atom is -0.340 e. The van der Waals surface area contributed by atoms with Gasteiger partial charge < -0.3 is 15.1 Å². The highest BCUT2D eigenvalue weighted by molar-refractivity contribution is 7.17. The fourth-order valence-corrected chi connectivity index (χ4v) is 6.91. The number of thiophene rings is 1. The molecule has 3 aromatic rings. The number of fused-ring (bicyclic) bond motifs is 1. The van der Waals surface area contributed by atoms with Crippen LogP contribution in [0.4, 0.5) is 0 Å². The first-order valence-corrected chi connectivity index (χ1v) is 15.5. The van der Waals surface area contributed by atoms with Gasteiger partial charge in [0.15, 0.2) is 5.78 Å². The Morgan fingerprint density at radius 1 is 0.952 bits per heavy atom. The van der Waals surface area contributed by atoms with Crippen LogP contribution in [0.15, 0.2) is 66.7 Å². The summed E-state index contributed by atoms with van der Waals surface area (Å²) in [5.74, 6) is -0.738. The topological polar surface area (TPSA) is 86.8 Å². The van der Waals surface area contributed by atoms with Crippen molar-refractivity contribution < 1.29 is 19.2 Å². The number of Topliss-reactive ketones (excluding diaryl/α,β-unsaturated/α-hetero) is 1. The Morgan fingerprint density at radius 3 is 2.29 bits per heavy atom. The number of carbonyl (C=O) groups excluding carboxylic acids is 4. The lowest BCUT2D eigenvalue weighted by Crippen LogP contribution is -2.53. The molecule has 0 bridgehead atoms. The number of carbonyl (C=O) groups is 4. The van der Waals surface area contributed by atoms with Crippen LogP contribution in [0.3, 0.4) is 0 Å². The molecule has 2 saturated heterocycles. The second kappa shape index (κ2) is 11.8. The molecule has 8 heteroatoms. The van der Waals surface area contributed by atoms with E-state index in [1.807, 2.05) is 68.4 Å². The predicted octanol–water partition coefficient (Wildman–Crippen LogP) is 5.55. The van der Waals surface area contributed by atoms with E-state index >= 15 is 0 Å². The molecule has 3 amide bonds. The van der Waals surface area contributed by atoms with Gasteiger partial charge in [0.05, 0.1) is 17.5 Å². The lowest BCUT2D eigenvalue weighted by atomic mass is 9.86. The molecule has 5 rings (SSSR count). The number of nitrogens with zero attached hydrogens (tertiary/aromatic N) is 2. The van der Waals surface area contributed by atoms with Crippen LogP contribution in [0.2, 0.25) is 0 Å². The van der Waals surface area contributed by atoms with Crippen molar-refractivity contribution in [2.75, 3.05) is 13.1 Å². The van der Waals surface area contributed by atoms with Crippen molar-refractivity contribution in [2.45, 2.75) is 71.0 Å². The van der Waals surface area contributed by atoms with Gasteiger partial charge in [-0.05, 0) is 59.6 Å². The molecule has 2 aliphatic heterocycles. The first-order chi connectivity index (χ1) is 19.9. The maximum absolute atomic E-state index is 13.9. The van der Waals surface area contributed by atoms with Crippen LogP contribution in [-0.4, -0.2) is 64.5 Å². The van der Waals surface area contributed by atoms with Gasteiger partial charge in [0.1, 0.15) is 12.1 Å². The number of rotatable bonds is 7. The van der Waals surface area contributed by atoms with Crippen molar-refractivity contribution in [2.24, 2.45) is 5.92 Å². The summed E-state index contributed by atoms with van der Waals surface area (Å²) < 4.78 is 0. The SMILES string of the molecule is CC(C)C[C@H](NC(=O)c1ccc(C(C)(C)C)cc1)C(=O)N1CC[C@@H]2[C@H]1C(=O)CN2C(=O)c1ccc(-c2ccccc2)s1. The zero-order valence-electron chi connectivity index (χ0n) is 24.9. The zero-order valence-corrected chi connectivity index (χ0v) is 25.7. The molecular weight excluding hydrogens is 546 g/mol. The second-order valence-electron chi connectivity index (χ2n) is 12.7. The van der Waals surface area contributed by atoms with E-state index in [1.165, 1.54) is 11.3 Å². The monoisotopic (exact) mass is 585 g/mol. The van der Waals surface area contributed by atoms with Gasteiger partial charge in [-0.2, -0.15) is 0 Å². The molecule has 2 aliphatic rings. The van der Waals surface area contributed by atoms with Crippen LogP contribution in [0.1, 0.15) is 73.1 Å². The predicted molar refractivity (Wildman–Crippen MR) is 166 cm³/mol. The molecule has 2 fully saturated rings. The van der Waals surface area contributed by atoms with Gasteiger partial charge in [-0.3, -0.25) is 19.2 Å². The molecule has 1 N–H and O–H groups in total. The van der Waals surface area contributed by atoms with Gasteiger partial charge in [-0.1, -0.05) is 77.1 Å². The molecule has 3 heterocycles. The number of likely N-dealkylation sites (tertiary alicyclic amines) is 2. The Morgan fingerprint density at radius 2 is 1.64 bits per heavy atom. The first kappa shape index (κ1) is 29.7. The van der Waals surface area contributed by atoms with Crippen molar-refractivity contribution in [1.82, 2.24) is 15.1 Å². The minimum atomic E-state index is -0.762. The van der Waals surface area contributed by atoms with E-state index < -0.39 is 12.1 Å². The average Bonchev–Trinajstić information content (AvgIpc) is 3.69. The third-order valence-electron chi connectivity index (χ3n) is 8.17. The third-order valence-corrected chi connectivity index (χ3v) is 9.29. The number of nitrogens with one attached hydrogen (secondary N) is 1. The lowest BCUT2D eigenvalue weighted by Gasteiger charge is -2.29. The van der Waals surface area contributed by atoms with Crippen molar-refractivity contribution in [1.29, 1.82) is 0 Å². The summed E-state index contributed by atoms with van der Waals surface area (Å²) in [5, 5.41) is 2.95. The Hall–Kier alpha value is -3.78. The van der Waals surface area contributed by atoms with Crippen molar-refractivity contribution >= 4 is 34.8 Å². The number of hydrogen-bond acceptors (Lipinski definition) is 5. The first-order valence-electron chi connectivity index (χ1n) is 14.6. The molecule has 0 radical (unpaired) electrons. The number of benzene rings is 2. The van der Waals surface area contributed by atoms with Gasteiger partial charge in [0.25, 0.3) is 11.8 Å². The van der Waals surface area contributed by atoms with Crippen LogP contribution < -0.4 is 5.32 Å². The molecule has 7 nitrogen and oxygen atoms in total. The molecule has 42 heavy (non-hydrogen) atoms. The minimum absolute atomic E-state index is 0.0160. The summed E-state index contributed by atoms with van der Waals surface area (Å²) in [7, 11) is 0. The van der Waals surface area contributed by atoms with Gasteiger partial charge in [0, 0.05) is 17.0 Å². The van der Waals surface area contributed by atoms with E-state index in [0.717, 1.165) is 16.0 Å². The molecule has 0 saturated carbocycles. The third kappa shape index (κ3) is 6.04. The van der Waals surface area contributed by atoms with Gasteiger partial charge in [0.2, 0.25) is 5.91 Å². The largest absolute Gasteiger partial charge is 0.340 e. The van der Waals surface area contributed by atoms with E-state index in [1.54, 1.807) is 21.9 Å². The van der Waals surface area contributed by atoms with E-state index in [9.17, 15) is 19.2 Å². The molecule has 220 valence electrons. The summed E-state index contributed by atoms with van der Waals surface area (Å²) in [6.07, 6.45) is 0.980. The summed E-state index contributed by atoms with van der Waals surface area (Å²) in [6, 6.07) is 19.3. The Balaban J connectivity index is 1.30. The van der Waals surface area contributed by atoms with E-state index in [0.29, 0.717) is 29.8 Å². The second-order valence-corrected chi connectivity index (χ2v) is 13.8. The molecule has 0 aliphatic carbocycles. The normalized spacial score (nSPS) is 19.2. The molecule has 2 aromatic carbocycles. The molecule has 0 spiro atoms. The van der Waals surface area contributed by atoms with Crippen LogP contribution in [0.25, 0.3) is 10.4 Å². The van der Waals surface area contributed by atoms with Crippen LogP contribution >= 0.6 is 11.3 Å². The smallest absolute Gasteiger partial charge is 0.264 e. The van der Waals surface area contributed by atoms with Crippen LogP contribution in [-0.2, 0) is 15.0 Å². The molecule has 1 aromatic heterocycles. The maximum atomic E-state index is 13.9. The Labute approximate surface area is 251 Å². The Kier molecular flexibility index (Phi) is 8.37. The standard InChI is InChI=1S/C34H39N3O4S/c1-21(2)19-25(35-31(39)23-11-13-24(14-12-23)34(3,4)5)32(40)36-18-17-26-30(36)27(38)20-37(26)33(41)29-16-15-28(42-29)22-9-7-6-8-10-22/h6-16,21,25-26,30H,17-20H2,1-5H3,(H,35,39)/t25-,26+,30-/m0/s1. The molecular formula is C34H39N3O4S. The van der Waals surface area contributed by atoms with Crippen molar-refractivity contribution in [3.05, 3.63) is 82.7 Å². The number of amides is 3. The van der Waals surface area contributed by atoms with E-state index in [4.69, 9.17) is 0 Å². The maximum Gasteiger partial charge on any atom is 0.264 e. The van der Waals surface area contributed by atoms with E-state index in [-0.39, 0.29) is 47.4 Å². The van der Waals surface area contributed by atoms with Crippen LogP contribution in [0.5, 0.6) is 0 Å². The van der Waals surface area contributed by atoms with Gasteiger partial charge >= 0.3 is 0 Å². The molecule has 0 unspecified atom stereocenters. The number of hydrogen-bond donors (Lipinski definition) is 1. The zero-order chi connectivity index (χ0) is 30.2. The fourth-order valence-electron chi connectivity index (χ4n) is 5.95. The summed E-state index contributed by atoms with van der Waals surface area (Å²) >= 11 is 1.41. The highest BCUT2D eigenvalue weighted by Gasteiger charge is 2.52. The highest BCUT2D eigenvalue weighted by atomic mass is 32.1. The Bertz CT molecular complexity index is 1470. The summed E-state index contributed by atoms with van der Waals surface area (Å²) in [4.78, 5) is 58.7. The molecule has 3 atom stereocenters. The van der Waals surface area contributed by atoms with Crippen molar-refractivity contribution in [3.63, 3.8) is 0 Å².